The number of rotatable bonds is 7. The van der Waals surface area contributed by atoms with Gasteiger partial charge in [-0.3, -0.25) is 25.0 Å². The minimum absolute atomic E-state index is 0.0245. The van der Waals surface area contributed by atoms with Gasteiger partial charge in [0.05, 0.1) is 29.0 Å². The molecule has 0 aliphatic carbocycles. The predicted octanol–water partition coefficient (Wildman–Crippen LogP) is 3.63. The number of nitrogens with one attached hydrogen (secondary N) is 1. The van der Waals surface area contributed by atoms with E-state index >= 15 is 0 Å². The number of hydrogen-bond acceptors (Lipinski definition) is 5. The monoisotopic (exact) mass is 368 g/mol. The van der Waals surface area contributed by atoms with Crippen molar-refractivity contribution in [2.45, 2.75) is 33.2 Å². The number of nitrogens with zero attached hydrogens (tertiary/aromatic N) is 3. The van der Waals surface area contributed by atoms with Crippen LogP contribution in [0.4, 0.5) is 5.69 Å². The lowest BCUT2D eigenvalue weighted by Gasteiger charge is -2.01. The maximum atomic E-state index is 13.0. The van der Waals surface area contributed by atoms with E-state index in [0.29, 0.717) is 29.9 Å². The zero-order valence-electron chi connectivity index (χ0n) is 15.1. The minimum atomic E-state index is -0.472. The average molecular weight is 368 g/mol. The number of nitro groups is 1. The zero-order valence-corrected chi connectivity index (χ0v) is 15.1. The summed E-state index contributed by atoms with van der Waals surface area (Å²) in [5.41, 5.74) is 2.23. The van der Waals surface area contributed by atoms with Gasteiger partial charge in [0.2, 0.25) is 0 Å². The number of benzene rings is 1. The topological polar surface area (TPSA) is 106 Å². The summed E-state index contributed by atoms with van der Waals surface area (Å²) in [6.45, 7) is 4.18. The van der Waals surface area contributed by atoms with Crippen molar-refractivity contribution >= 4 is 11.4 Å². The number of hydrogen-bond donors (Lipinski definition) is 1. The molecule has 2 heterocycles. The summed E-state index contributed by atoms with van der Waals surface area (Å²) in [4.78, 5) is 27.8. The van der Waals surface area contributed by atoms with E-state index in [1.165, 1.54) is 16.8 Å². The number of aryl methyl sites for hydroxylation is 1. The first-order valence-electron chi connectivity index (χ1n) is 8.63. The van der Waals surface area contributed by atoms with Gasteiger partial charge in [-0.15, -0.1) is 0 Å². The lowest BCUT2D eigenvalue weighted by molar-refractivity contribution is -0.384. The van der Waals surface area contributed by atoms with Crippen molar-refractivity contribution in [1.82, 2.24) is 9.78 Å². The van der Waals surface area contributed by atoms with E-state index in [1.54, 1.807) is 31.4 Å². The van der Waals surface area contributed by atoms with E-state index in [4.69, 9.17) is 4.42 Å². The normalized spacial score (nSPS) is 11.7. The maximum Gasteiger partial charge on any atom is 0.280 e. The van der Waals surface area contributed by atoms with Gasteiger partial charge in [0.15, 0.2) is 0 Å². The molecule has 0 saturated heterocycles. The number of H-pyrrole nitrogens is 1. The van der Waals surface area contributed by atoms with Crippen molar-refractivity contribution in [2.24, 2.45) is 4.99 Å². The zero-order chi connectivity index (χ0) is 19.4. The first-order valence-corrected chi connectivity index (χ1v) is 8.63. The number of aliphatic imine (C=N–C) groups is 1. The fourth-order valence-corrected chi connectivity index (χ4v) is 2.87. The summed E-state index contributed by atoms with van der Waals surface area (Å²) in [6.07, 6.45) is 3.14. The van der Waals surface area contributed by atoms with E-state index < -0.39 is 4.92 Å². The molecule has 0 aliphatic heterocycles. The summed E-state index contributed by atoms with van der Waals surface area (Å²) in [7, 11) is 0. The maximum absolute atomic E-state index is 13.0. The predicted molar refractivity (Wildman–Crippen MR) is 102 cm³/mol. The summed E-state index contributed by atoms with van der Waals surface area (Å²) in [5.74, 6) is 0.720. The summed E-state index contributed by atoms with van der Waals surface area (Å²) < 4.78 is 6.68. The Balaban J connectivity index is 1.99. The van der Waals surface area contributed by atoms with Crippen molar-refractivity contribution in [1.29, 1.82) is 0 Å². The Morgan fingerprint density at radius 1 is 1.30 bits per heavy atom. The quantitative estimate of drug-likeness (QED) is 0.390. The van der Waals surface area contributed by atoms with Gasteiger partial charge in [-0.1, -0.05) is 13.3 Å². The van der Waals surface area contributed by atoms with Crippen LogP contribution in [0.3, 0.4) is 0 Å². The molecule has 0 fully saturated rings. The second kappa shape index (κ2) is 7.86. The van der Waals surface area contributed by atoms with Crippen LogP contribution in [0.5, 0.6) is 0 Å². The molecule has 140 valence electrons. The molecule has 8 heteroatoms. The Morgan fingerprint density at radius 2 is 2.04 bits per heavy atom. The molecule has 3 aromatic rings. The Hall–Kier alpha value is -3.42. The Morgan fingerprint density at radius 3 is 2.63 bits per heavy atom. The molecule has 8 nitrogen and oxygen atoms in total. The fourth-order valence-electron chi connectivity index (χ4n) is 2.87. The number of furan rings is 1. The lowest BCUT2D eigenvalue weighted by Crippen LogP contribution is -2.20. The molecule has 0 bridgehead atoms. The van der Waals surface area contributed by atoms with Crippen LogP contribution in [0.25, 0.3) is 5.69 Å². The van der Waals surface area contributed by atoms with Gasteiger partial charge < -0.3 is 4.42 Å². The number of aromatic nitrogens is 2. The molecule has 1 N–H and O–H groups in total. The molecule has 0 unspecified atom stereocenters. The Labute approximate surface area is 155 Å². The van der Waals surface area contributed by atoms with Gasteiger partial charge in [0.25, 0.3) is 11.2 Å². The third-order valence-electron chi connectivity index (χ3n) is 4.20. The van der Waals surface area contributed by atoms with Gasteiger partial charge in [-0.05, 0) is 37.6 Å². The SMILES string of the molecule is CCCc1[nH]n(-c2ccc([N+](=O)[O-])cc2)c(=O)c1C(C)=NCc1ccco1. The smallest absolute Gasteiger partial charge is 0.280 e. The third kappa shape index (κ3) is 3.89. The third-order valence-corrected chi connectivity index (χ3v) is 4.20. The van der Waals surface area contributed by atoms with Crippen molar-refractivity contribution < 1.29 is 9.34 Å². The molecule has 2 aromatic heterocycles. The van der Waals surface area contributed by atoms with Gasteiger partial charge >= 0.3 is 0 Å². The molecule has 0 atom stereocenters. The largest absolute Gasteiger partial charge is 0.467 e. The first kappa shape index (κ1) is 18.4. The van der Waals surface area contributed by atoms with Gasteiger partial charge in [0, 0.05) is 23.5 Å². The van der Waals surface area contributed by atoms with Crippen molar-refractivity contribution in [2.75, 3.05) is 0 Å². The molecule has 0 saturated carbocycles. The molecular formula is C19H20N4O4. The van der Waals surface area contributed by atoms with Crippen LogP contribution in [0, 0.1) is 10.1 Å². The average Bonchev–Trinajstić information content (AvgIpc) is 3.28. The van der Waals surface area contributed by atoms with Crippen LogP contribution < -0.4 is 5.56 Å². The van der Waals surface area contributed by atoms with Gasteiger partial charge in [0.1, 0.15) is 5.76 Å². The highest BCUT2D eigenvalue weighted by atomic mass is 16.6. The Kier molecular flexibility index (Phi) is 5.35. The minimum Gasteiger partial charge on any atom is -0.467 e. The van der Waals surface area contributed by atoms with Crippen molar-refractivity contribution in [3.63, 3.8) is 0 Å². The number of aromatic amines is 1. The second-order valence-corrected chi connectivity index (χ2v) is 6.11. The van der Waals surface area contributed by atoms with Crippen LogP contribution in [-0.4, -0.2) is 20.4 Å². The summed E-state index contributed by atoms with van der Waals surface area (Å²) >= 11 is 0. The van der Waals surface area contributed by atoms with Crippen molar-refractivity contribution in [3.8, 4) is 5.69 Å². The molecule has 0 radical (unpaired) electrons. The highest BCUT2D eigenvalue weighted by Crippen LogP contribution is 2.16. The number of nitro benzene ring substituents is 1. The fraction of sp³-hybridized carbons (Fsp3) is 0.263. The van der Waals surface area contributed by atoms with Gasteiger partial charge in [-0.2, -0.15) is 0 Å². The molecule has 1 aromatic carbocycles. The molecule has 27 heavy (non-hydrogen) atoms. The van der Waals surface area contributed by atoms with E-state index in [-0.39, 0.29) is 11.2 Å². The first-order chi connectivity index (χ1) is 13.0. The highest BCUT2D eigenvalue weighted by Gasteiger charge is 2.18. The van der Waals surface area contributed by atoms with Crippen LogP contribution in [0.2, 0.25) is 0 Å². The lowest BCUT2D eigenvalue weighted by atomic mass is 10.1. The van der Waals surface area contributed by atoms with Crippen molar-refractivity contribution in [3.05, 3.63) is 80.1 Å². The van der Waals surface area contributed by atoms with Gasteiger partial charge in [-0.25, -0.2) is 4.68 Å². The molecule has 3 rings (SSSR count). The molecule has 0 aliphatic rings. The molecule has 0 spiro atoms. The van der Waals surface area contributed by atoms with Crippen LogP contribution >= 0.6 is 0 Å². The van der Waals surface area contributed by atoms with E-state index in [9.17, 15) is 14.9 Å². The second-order valence-electron chi connectivity index (χ2n) is 6.11. The summed E-state index contributed by atoms with van der Waals surface area (Å²) in [6, 6.07) is 9.46. The summed E-state index contributed by atoms with van der Waals surface area (Å²) in [5, 5.41) is 13.9. The van der Waals surface area contributed by atoms with Crippen LogP contribution in [-0.2, 0) is 13.0 Å². The number of non-ortho nitro benzene ring substituents is 1. The Bertz CT molecular complexity index is 1010. The van der Waals surface area contributed by atoms with E-state index in [0.717, 1.165) is 17.9 Å². The van der Waals surface area contributed by atoms with Crippen LogP contribution in [0.1, 0.15) is 37.3 Å². The van der Waals surface area contributed by atoms with E-state index in [1.807, 2.05) is 13.0 Å². The molecule has 0 amide bonds. The van der Waals surface area contributed by atoms with Crippen LogP contribution in [0.15, 0.2) is 56.9 Å². The standard InChI is InChI=1S/C19H20N4O4/c1-3-5-17-18(13(2)20-12-16-6-4-11-27-16)19(24)22(21-17)14-7-9-15(10-8-14)23(25)26/h4,6-11,21H,3,5,12H2,1-2H3. The van der Waals surface area contributed by atoms with E-state index in [2.05, 4.69) is 10.1 Å². The molecular weight excluding hydrogens is 348 g/mol. The highest BCUT2D eigenvalue weighted by molar-refractivity contribution is 5.99.